The minimum absolute atomic E-state index is 0.0838. The van der Waals surface area contributed by atoms with Crippen LogP contribution in [0.25, 0.3) is 11.3 Å². The van der Waals surface area contributed by atoms with Gasteiger partial charge in [-0.05, 0) is 73.2 Å². The zero-order valence-electron chi connectivity index (χ0n) is 21.6. The van der Waals surface area contributed by atoms with Gasteiger partial charge < -0.3 is 29.4 Å². The molecule has 0 saturated carbocycles. The number of rotatable bonds is 8. The number of carbonyl (C=O) groups excluding carboxylic acids is 1. The SMILES string of the molecule is COCC(=O)Nc1cc(N2C(=S)NC(c3ccccn3)C2c2ccc(-c3cccc(Cl)c3C)o2)ccc1OC. The van der Waals surface area contributed by atoms with Gasteiger partial charge in [-0.2, -0.15) is 0 Å². The van der Waals surface area contributed by atoms with E-state index in [2.05, 4.69) is 15.6 Å². The van der Waals surface area contributed by atoms with E-state index in [1.165, 1.54) is 7.11 Å². The molecule has 200 valence electrons. The van der Waals surface area contributed by atoms with E-state index in [0.717, 1.165) is 22.5 Å². The van der Waals surface area contributed by atoms with E-state index in [1.807, 2.05) is 72.5 Å². The molecule has 4 aromatic rings. The summed E-state index contributed by atoms with van der Waals surface area (Å²) in [6.45, 7) is 1.88. The van der Waals surface area contributed by atoms with E-state index in [4.69, 9.17) is 37.7 Å². The standard InChI is InChI=1S/C29H27ClN4O4S/c1-17-19(7-6-8-20(17)30)23-12-13-25(38-23)28-27(21-9-4-5-14-31-21)33-29(39)34(28)18-10-11-24(37-3)22(15-18)32-26(35)16-36-2/h4-15,27-28H,16H2,1-3H3,(H,32,35)(H,33,39). The highest BCUT2D eigenvalue weighted by molar-refractivity contribution is 7.80. The maximum atomic E-state index is 12.3. The molecule has 2 aromatic carbocycles. The maximum Gasteiger partial charge on any atom is 0.250 e. The van der Waals surface area contributed by atoms with Crippen molar-refractivity contribution in [3.05, 3.63) is 95.0 Å². The van der Waals surface area contributed by atoms with Crippen molar-refractivity contribution < 1.29 is 18.7 Å². The fraction of sp³-hybridized carbons (Fsp3) is 0.207. The number of halogens is 1. The molecule has 8 nitrogen and oxygen atoms in total. The number of furan rings is 1. The second-order valence-electron chi connectivity index (χ2n) is 8.98. The molecule has 2 unspecified atom stereocenters. The van der Waals surface area contributed by atoms with Crippen LogP contribution in [0.4, 0.5) is 11.4 Å². The van der Waals surface area contributed by atoms with Crippen molar-refractivity contribution >= 4 is 46.2 Å². The average Bonchev–Trinajstić information content (AvgIpc) is 3.55. The van der Waals surface area contributed by atoms with Crippen molar-refractivity contribution in [1.29, 1.82) is 0 Å². The Hall–Kier alpha value is -3.92. The van der Waals surface area contributed by atoms with Crippen molar-refractivity contribution in [3.8, 4) is 17.1 Å². The minimum atomic E-state index is -0.378. The summed E-state index contributed by atoms with van der Waals surface area (Å²) in [6.07, 6.45) is 1.75. The number of nitrogens with one attached hydrogen (secondary N) is 2. The summed E-state index contributed by atoms with van der Waals surface area (Å²) in [7, 11) is 3.01. The van der Waals surface area contributed by atoms with Crippen LogP contribution in [-0.4, -0.2) is 36.8 Å². The van der Waals surface area contributed by atoms with Gasteiger partial charge in [0.15, 0.2) is 5.11 Å². The molecule has 2 aromatic heterocycles. The fourth-order valence-electron chi connectivity index (χ4n) is 4.71. The molecule has 0 bridgehead atoms. The van der Waals surface area contributed by atoms with Crippen molar-refractivity contribution in [2.24, 2.45) is 0 Å². The highest BCUT2D eigenvalue weighted by Crippen LogP contribution is 2.44. The molecule has 0 aliphatic carbocycles. The number of benzene rings is 2. The van der Waals surface area contributed by atoms with Gasteiger partial charge in [-0.15, -0.1) is 0 Å². The molecule has 5 rings (SSSR count). The smallest absolute Gasteiger partial charge is 0.250 e. The monoisotopic (exact) mass is 562 g/mol. The number of methoxy groups -OCH3 is 2. The first-order chi connectivity index (χ1) is 18.9. The predicted molar refractivity (Wildman–Crippen MR) is 155 cm³/mol. The van der Waals surface area contributed by atoms with Gasteiger partial charge in [-0.1, -0.05) is 29.8 Å². The minimum Gasteiger partial charge on any atom is -0.495 e. The second kappa shape index (κ2) is 11.4. The Morgan fingerprint density at radius 1 is 1.15 bits per heavy atom. The zero-order chi connectivity index (χ0) is 27.5. The van der Waals surface area contributed by atoms with Crippen LogP contribution in [0.2, 0.25) is 5.02 Å². The molecule has 0 spiro atoms. The predicted octanol–water partition coefficient (Wildman–Crippen LogP) is 6.07. The lowest BCUT2D eigenvalue weighted by Gasteiger charge is -2.27. The van der Waals surface area contributed by atoms with Gasteiger partial charge in [-0.25, -0.2) is 0 Å². The highest BCUT2D eigenvalue weighted by Gasteiger charge is 2.43. The van der Waals surface area contributed by atoms with E-state index >= 15 is 0 Å². The first-order valence-corrected chi connectivity index (χ1v) is 13.0. The Morgan fingerprint density at radius 2 is 2.00 bits per heavy atom. The zero-order valence-corrected chi connectivity index (χ0v) is 23.2. The van der Waals surface area contributed by atoms with Crippen molar-refractivity contribution in [2.45, 2.75) is 19.0 Å². The lowest BCUT2D eigenvalue weighted by molar-refractivity contribution is -0.119. The summed E-state index contributed by atoms with van der Waals surface area (Å²) in [5, 5.41) is 7.43. The van der Waals surface area contributed by atoms with Crippen LogP contribution >= 0.6 is 23.8 Å². The average molecular weight is 563 g/mol. The van der Waals surface area contributed by atoms with Gasteiger partial charge in [-0.3, -0.25) is 9.78 Å². The van der Waals surface area contributed by atoms with Crippen LogP contribution in [0.1, 0.15) is 29.1 Å². The van der Waals surface area contributed by atoms with E-state index < -0.39 is 0 Å². The van der Waals surface area contributed by atoms with E-state index in [9.17, 15) is 4.79 Å². The Balaban J connectivity index is 1.59. The Kier molecular flexibility index (Phi) is 7.83. The Bertz CT molecular complexity index is 1510. The van der Waals surface area contributed by atoms with Crippen molar-refractivity contribution in [1.82, 2.24) is 10.3 Å². The number of ether oxygens (including phenoxy) is 2. The summed E-state index contributed by atoms with van der Waals surface area (Å²) >= 11 is 12.2. The van der Waals surface area contributed by atoms with Crippen LogP contribution < -0.4 is 20.3 Å². The van der Waals surface area contributed by atoms with Crippen LogP contribution in [0, 0.1) is 6.92 Å². The molecule has 10 heteroatoms. The van der Waals surface area contributed by atoms with E-state index in [0.29, 0.717) is 33.1 Å². The molecule has 1 amide bonds. The summed E-state index contributed by atoms with van der Waals surface area (Å²) in [5.74, 6) is 1.60. The lowest BCUT2D eigenvalue weighted by Crippen LogP contribution is -2.29. The number of thiocarbonyl (C=S) groups is 1. The van der Waals surface area contributed by atoms with Gasteiger partial charge in [0.05, 0.1) is 24.5 Å². The Morgan fingerprint density at radius 3 is 2.74 bits per heavy atom. The lowest BCUT2D eigenvalue weighted by atomic mass is 10.0. The van der Waals surface area contributed by atoms with Gasteiger partial charge in [0, 0.05) is 29.6 Å². The van der Waals surface area contributed by atoms with Gasteiger partial charge >= 0.3 is 0 Å². The van der Waals surface area contributed by atoms with E-state index in [1.54, 1.807) is 19.4 Å². The fourth-order valence-corrected chi connectivity index (χ4v) is 5.23. The molecule has 1 fully saturated rings. The number of hydrogen-bond donors (Lipinski definition) is 2. The number of nitrogens with zero attached hydrogens (tertiary/aromatic N) is 2. The maximum absolute atomic E-state index is 12.3. The molecule has 1 aliphatic rings. The van der Waals surface area contributed by atoms with Gasteiger partial charge in [0.1, 0.15) is 29.9 Å². The molecular weight excluding hydrogens is 536 g/mol. The third-order valence-electron chi connectivity index (χ3n) is 6.56. The normalized spacial score (nSPS) is 16.7. The second-order valence-corrected chi connectivity index (χ2v) is 9.77. The number of carbonyl (C=O) groups is 1. The first-order valence-electron chi connectivity index (χ1n) is 12.2. The van der Waals surface area contributed by atoms with Crippen LogP contribution in [-0.2, 0) is 9.53 Å². The van der Waals surface area contributed by atoms with Crippen LogP contribution in [0.5, 0.6) is 5.75 Å². The third kappa shape index (κ3) is 5.34. The third-order valence-corrected chi connectivity index (χ3v) is 7.28. The van der Waals surface area contributed by atoms with Gasteiger partial charge in [0.2, 0.25) is 5.91 Å². The van der Waals surface area contributed by atoms with Crippen molar-refractivity contribution in [2.75, 3.05) is 31.0 Å². The summed E-state index contributed by atoms with van der Waals surface area (Å²) in [5.41, 5.74) is 3.89. The number of anilines is 2. The molecular formula is C29H27ClN4O4S. The highest BCUT2D eigenvalue weighted by atomic mass is 35.5. The molecule has 0 radical (unpaired) electrons. The van der Waals surface area contributed by atoms with Crippen molar-refractivity contribution in [3.63, 3.8) is 0 Å². The molecule has 1 saturated heterocycles. The number of aromatic nitrogens is 1. The quantitative estimate of drug-likeness (QED) is 0.250. The number of hydrogen-bond acceptors (Lipinski definition) is 6. The summed E-state index contributed by atoms with van der Waals surface area (Å²) < 4.78 is 16.9. The molecule has 3 heterocycles. The van der Waals surface area contributed by atoms with Crippen LogP contribution in [0.3, 0.4) is 0 Å². The van der Waals surface area contributed by atoms with E-state index in [-0.39, 0.29) is 24.6 Å². The largest absolute Gasteiger partial charge is 0.495 e. The molecule has 2 N–H and O–H groups in total. The molecule has 2 atom stereocenters. The molecule has 39 heavy (non-hydrogen) atoms. The topological polar surface area (TPSA) is 88.9 Å². The molecule has 1 aliphatic heterocycles. The number of amides is 1. The Labute approximate surface area is 236 Å². The summed E-state index contributed by atoms with van der Waals surface area (Å²) in [4.78, 5) is 18.9. The van der Waals surface area contributed by atoms with Gasteiger partial charge in [0.25, 0.3) is 0 Å². The summed E-state index contributed by atoms with van der Waals surface area (Å²) in [6, 6.07) is 20.2. The van der Waals surface area contributed by atoms with Crippen LogP contribution in [0.15, 0.2) is 77.3 Å². The first kappa shape index (κ1) is 26.7. The number of pyridine rings is 1.